The average Bonchev–Trinajstić information content (AvgIpc) is 3.23. The van der Waals surface area contributed by atoms with Gasteiger partial charge in [0.05, 0.1) is 23.1 Å². The summed E-state index contributed by atoms with van der Waals surface area (Å²) in [5, 5.41) is 13.5. The zero-order chi connectivity index (χ0) is 19.3. The van der Waals surface area contributed by atoms with Gasteiger partial charge in [0.25, 0.3) is 0 Å². The molecule has 1 N–H and O–H groups in total. The van der Waals surface area contributed by atoms with E-state index in [1.807, 2.05) is 28.9 Å². The first-order chi connectivity index (χ1) is 13.7. The van der Waals surface area contributed by atoms with Crippen molar-refractivity contribution in [2.45, 2.75) is 32.1 Å². The molecule has 1 aliphatic rings. The third kappa shape index (κ3) is 4.04. The number of carboxylic acid groups (broad SMARTS) is 1. The molecule has 1 fully saturated rings. The smallest absolute Gasteiger partial charge is 0.335 e. The lowest BCUT2D eigenvalue weighted by molar-refractivity contribution is -0.0384. The Bertz CT molecular complexity index is 946. The van der Waals surface area contributed by atoms with Crippen LogP contribution in [0.15, 0.2) is 54.9 Å². The Balaban J connectivity index is 1.44. The highest BCUT2D eigenvalue weighted by Gasteiger charge is 2.20. The van der Waals surface area contributed by atoms with Crippen molar-refractivity contribution in [3.8, 4) is 17.1 Å². The van der Waals surface area contributed by atoms with Crippen LogP contribution >= 0.6 is 0 Å². The van der Waals surface area contributed by atoms with E-state index in [-0.39, 0.29) is 18.4 Å². The summed E-state index contributed by atoms with van der Waals surface area (Å²) in [6.45, 7) is 1.03. The summed E-state index contributed by atoms with van der Waals surface area (Å²) in [5.41, 5.74) is 2.74. The van der Waals surface area contributed by atoms with Crippen molar-refractivity contribution in [2.75, 3.05) is 6.61 Å². The molecule has 0 spiro atoms. The predicted molar refractivity (Wildman–Crippen MR) is 102 cm³/mol. The molecule has 3 aromatic rings. The van der Waals surface area contributed by atoms with Gasteiger partial charge in [-0.1, -0.05) is 12.1 Å². The van der Waals surface area contributed by atoms with Crippen LogP contribution in [0.5, 0.6) is 5.75 Å². The highest BCUT2D eigenvalue weighted by Crippen LogP contribution is 2.28. The molecule has 4 rings (SSSR count). The Morgan fingerprint density at radius 3 is 2.93 bits per heavy atom. The second kappa shape index (κ2) is 8.22. The topological polar surface area (TPSA) is 86.5 Å². The minimum atomic E-state index is -0.952. The molecule has 3 heterocycles. The number of carboxylic acids is 1. The van der Waals surface area contributed by atoms with E-state index in [1.165, 1.54) is 0 Å². The number of aromatic nitrogens is 3. The van der Waals surface area contributed by atoms with Gasteiger partial charge in [-0.05, 0) is 55.2 Å². The van der Waals surface area contributed by atoms with Gasteiger partial charge in [-0.3, -0.25) is 4.98 Å². The fourth-order valence-corrected chi connectivity index (χ4v) is 3.24. The van der Waals surface area contributed by atoms with Crippen LogP contribution in [-0.4, -0.2) is 32.4 Å². The maximum atomic E-state index is 11.1. The van der Waals surface area contributed by atoms with Crippen molar-refractivity contribution in [1.29, 1.82) is 0 Å². The second-order valence-electron chi connectivity index (χ2n) is 6.66. The first-order valence-electron chi connectivity index (χ1n) is 9.27. The summed E-state index contributed by atoms with van der Waals surface area (Å²) >= 11 is 0. The predicted octanol–water partition coefficient (Wildman–Crippen LogP) is 3.92. The van der Waals surface area contributed by atoms with Gasteiger partial charge in [-0.2, -0.15) is 5.10 Å². The van der Waals surface area contributed by atoms with Gasteiger partial charge in [0.15, 0.2) is 6.23 Å². The zero-order valence-corrected chi connectivity index (χ0v) is 15.3. The lowest BCUT2D eigenvalue weighted by Crippen LogP contribution is -2.20. The number of rotatable bonds is 6. The van der Waals surface area contributed by atoms with Gasteiger partial charge in [-0.25, -0.2) is 9.48 Å². The first-order valence-corrected chi connectivity index (χ1v) is 9.27. The molecule has 7 heteroatoms. The lowest BCUT2D eigenvalue weighted by atomic mass is 10.1. The summed E-state index contributed by atoms with van der Waals surface area (Å²) in [6, 6.07) is 12.4. The van der Waals surface area contributed by atoms with Crippen LogP contribution in [0, 0.1) is 0 Å². The minimum absolute atomic E-state index is 0.0435. The second-order valence-corrected chi connectivity index (χ2v) is 6.66. The fraction of sp³-hybridized carbons (Fsp3) is 0.286. The number of pyridine rings is 1. The molecular formula is C21H21N3O4. The summed E-state index contributed by atoms with van der Waals surface area (Å²) in [4.78, 5) is 15.6. The van der Waals surface area contributed by atoms with E-state index in [4.69, 9.17) is 14.6 Å². The summed E-state index contributed by atoms with van der Waals surface area (Å²) in [5.74, 6) is -0.337. The monoisotopic (exact) mass is 379 g/mol. The summed E-state index contributed by atoms with van der Waals surface area (Å²) < 4.78 is 13.5. The maximum Gasteiger partial charge on any atom is 0.335 e. The number of hydrogen-bond donors (Lipinski definition) is 1. The lowest BCUT2D eigenvalue weighted by Gasteiger charge is -2.24. The number of nitrogens with zero attached hydrogens (tertiary/aromatic N) is 3. The number of ether oxygens (including phenoxy) is 2. The fourth-order valence-electron chi connectivity index (χ4n) is 3.24. The number of carbonyl (C=O) groups is 1. The molecule has 1 atom stereocenters. The summed E-state index contributed by atoms with van der Waals surface area (Å²) in [7, 11) is 0. The van der Waals surface area contributed by atoms with E-state index in [0.29, 0.717) is 5.75 Å². The molecule has 0 aliphatic carbocycles. The van der Waals surface area contributed by atoms with Crippen LogP contribution in [0.25, 0.3) is 11.4 Å². The minimum Gasteiger partial charge on any atom is -0.487 e. The molecule has 2 aromatic heterocycles. The van der Waals surface area contributed by atoms with E-state index < -0.39 is 5.97 Å². The Morgan fingerprint density at radius 1 is 1.25 bits per heavy atom. The third-order valence-corrected chi connectivity index (χ3v) is 4.68. The molecule has 1 aliphatic heterocycles. The molecule has 1 saturated heterocycles. The van der Waals surface area contributed by atoms with Crippen LogP contribution < -0.4 is 4.74 Å². The van der Waals surface area contributed by atoms with Crippen LogP contribution in [0.3, 0.4) is 0 Å². The molecule has 0 saturated carbocycles. The zero-order valence-electron chi connectivity index (χ0n) is 15.3. The highest BCUT2D eigenvalue weighted by molar-refractivity contribution is 5.87. The largest absolute Gasteiger partial charge is 0.487 e. The van der Waals surface area contributed by atoms with Crippen LogP contribution in [-0.2, 0) is 11.3 Å². The molecule has 28 heavy (non-hydrogen) atoms. The van der Waals surface area contributed by atoms with Crippen molar-refractivity contribution in [3.63, 3.8) is 0 Å². The van der Waals surface area contributed by atoms with Crippen molar-refractivity contribution < 1.29 is 19.4 Å². The molecular weight excluding hydrogens is 358 g/mol. The third-order valence-electron chi connectivity index (χ3n) is 4.68. The van der Waals surface area contributed by atoms with Crippen molar-refractivity contribution in [2.24, 2.45) is 0 Å². The Hall–Kier alpha value is -3.19. The quantitative estimate of drug-likeness (QED) is 0.698. The molecule has 144 valence electrons. The van der Waals surface area contributed by atoms with E-state index in [9.17, 15) is 4.79 Å². The van der Waals surface area contributed by atoms with E-state index in [1.54, 1.807) is 30.6 Å². The van der Waals surface area contributed by atoms with Gasteiger partial charge in [-0.15, -0.1) is 0 Å². The van der Waals surface area contributed by atoms with Crippen molar-refractivity contribution in [3.05, 3.63) is 66.0 Å². The van der Waals surface area contributed by atoms with E-state index in [0.717, 1.165) is 42.8 Å². The molecule has 0 amide bonds. The highest BCUT2D eigenvalue weighted by atomic mass is 16.5. The van der Waals surface area contributed by atoms with Crippen LogP contribution in [0.1, 0.15) is 41.4 Å². The Kier molecular flexibility index (Phi) is 5.34. The molecule has 1 aromatic carbocycles. The average molecular weight is 379 g/mol. The van der Waals surface area contributed by atoms with Gasteiger partial charge in [0.2, 0.25) is 0 Å². The molecule has 0 bridgehead atoms. The number of benzene rings is 1. The maximum absolute atomic E-state index is 11.1. The Labute approximate surface area is 162 Å². The molecule has 1 unspecified atom stereocenters. The number of hydrogen-bond acceptors (Lipinski definition) is 5. The first kappa shape index (κ1) is 18.2. The molecule has 7 nitrogen and oxygen atoms in total. The van der Waals surface area contributed by atoms with Crippen LogP contribution in [0.4, 0.5) is 0 Å². The Morgan fingerprint density at radius 2 is 2.18 bits per heavy atom. The van der Waals surface area contributed by atoms with Crippen molar-refractivity contribution >= 4 is 5.97 Å². The van der Waals surface area contributed by atoms with Crippen LogP contribution in [0.2, 0.25) is 0 Å². The SMILES string of the molecule is O=C(O)c1cccc(COc2ccc(-c3ccnn3C3CCCCO3)nc2)c1. The van der Waals surface area contributed by atoms with E-state index >= 15 is 0 Å². The van der Waals surface area contributed by atoms with Crippen molar-refractivity contribution in [1.82, 2.24) is 14.8 Å². The standard InChI is InChI=1S/C21H21N3O4/c25-21(26)16-5-3-4-15(12-16)14-28-17-7-8-18(22-13-17)19-9-10-23-24(19)20-6-1-2-11-27-20/h3-5,7-10,12-13,20H,1-2,6,11,14H2,(H,25,26). The van der Waals surface area contributed by atoms with Gasteiger partial charge < -0.3 is 14.6 Å². The number of aromatic carboxylic acids is 1. The molecule has 0 radical (unpaired) electrons. The van der Waals surface area contributed by atoms with Gasteiger partial charge in [0.1, 0.15) is 12.4 Å². The normalized spacial score (nSPS) is 16.6. The van der Waals surface area contributed by atoms with Gasteiger partial charge in [0, 0.05) is 12.8 Å². The van der Waals surface area contributed by atoms with E-state index in [2.05, 4.69) is 10.1 Å². The summed E-state index contributed by atoms with van der Waals surface area (Å²) in [6.07, 6.45) is 6.55. The van der Waals surface area contributed by atoms with Gasteiger partial charge >= 0.3 is 5.97 Å².